The van der Waals surface area contributed by atoms with Gasteiger partial charge in [-0.05, 0) is 36.4 Å². The minimum atomic E-state index is -0.353. The van der Waals surface area contributed by atoms with Gasteiger partial charge in [-0.3, -0.25) is 5.41 Å². The Morgan fingerprint density at radius 1 is 1.12 bits per heavy atom. The lowest BCUT2D eigenvalue weighted by Gasteiger charge is -2.38. The highest BCUT2D eigenvalue weighted by molar-refractivity contribution is 6.31. The van der Waals surface area contributed by atoms with Gasteiger partial charge in [0.15, 0.2) is 0 Å². The fourth-order valence-corrected chi connectivity index (χ4v) is 3.23. The van der Waals surface area contributed by atoms with E-state index >= 15 is 0 Å². The molecule has 0 saturated carbocycles. The van der Waals surface area contributed by atoms with Crippen molar-refractivity contribution in [3.63, 3.8) is 0 Å². The average molecular weight is 354 g/mol. The number of hydrogen-bond acceptors (Lipinski definition) is 4. The van der Waals surface area contributed by atoms with Crippen molar-refractivity contribution in [1.82, 2.24) is 0 Å². The molecule has 0 saturated heterocycles. The molecule has 0 spiro atoms. The summed E-state index contributed by atoms with van der Waals surface area (Å²) in [5.74, 6) is 1.68. The highest BCUT2D eigenvalue weighted by Gasteiger charge is 2.34. The Kier molecular flexibility index (Phi) is 3.86. The molecule has 126 valence electrons. The van der Waals surface area contributed by atoms with Crippen LogP contribution < -0.4 is 15.0 Å². The maximum atomic E-state index is 8.68. The van der Waals surface area contributed by atoms with Crippen LogP contribution in [0.15, 0.2) is 65.3 Å². The molecule has 5 nitrogen and oxygen atoms in total. The third-order valence-electron chi connectivity index (χ3n) is 4.24. The Morgan fingerprint density at radius 3 is 2.60 bits per heavy atom. The van der Waals surface area contributed by atoms with Crippen LogP contribution in [0.3, 0.4) is 0 Å². The van der Waals surface area contributed by atoms with Crippen LogP contribution in [0.4, 0.5) is 11.6 Å². The van der Waals surface area contributed by atoms with Crippen molar-refractivity contribution in [2.24, 2.45) is 0 Å². The predicted molar refractivity (Wildman–Crippen MR) is 98.8 cm³/mol. The van der Waals surface area contributed by atoms with Crippen molar-refractivity contribution in [2.75, 3.05) is 17.3 Å². The molecule has 0 radical (unpaired) electrons. The second kappa shape index (κ2) is 6.18. The van der Waals surface area contributed by atoms with Crippen LogP contribution in [0, 0.1) is 5.41 Å². The maximum absolute atomic E-state index is 8.68. The fraction of sp³-hybridized carbons (Fsp3) is 0.105. The van der Waals surface area contributed by atoms with Gasteiger partial charge in [0.2, 0.25) is 5.88 Å². The second-order valence-corrected chi connectivity index (χ2v) is 6.06. The molecule has 0 fully saturated rings. The number of furan rings is 1. The van der Waals surface area contributed by atoms with Crippen molar-refractivity contribution >= 4 is 29.0 Å². The van der Waals surface area contributed by atoms with E-state index in [2.05, 4.69) is 5.32 Å². The van der Waals surface area contributed by atoms with E-state index in [1.807, 2.05) is 53.4 Å². The number of fused-ring (bicyclic) bond motifs is 1. The van der Waals surface area contributed by atoms with Gasteiger partial charge in [-0.1, -0.05) is 29.8 Å². The first-order valence-electron chi connectivity index (χ1n) is 7.79. The molecule has 2 aromatic carbocycles. The number of amidine groups is 1. The monoisotopic (exact) mass is 353 g/mol. The zero-order chi connectivity index (χ0) is 17.4. The largest absolute Gasteiger partial charge is 0.497 e. The van der Waals surface area contributed by atoms with Crippen LogP contribution in [0.1, 0.15) is 17.3 Å². The van der Waals surface area contributed by atoms with Gasteiger partial charge in [0.25, 0.3) is 0 Å². The molecule has 1 aromatic heterocycles. The van der Waals surface area contributed by atoms with Gasteiger partial charge in [0.1, 0.15) is 17.8 Å². The number of benzene rings is 2. The zero-order valence-corrected chi connectivity index (χ0v) is 14.2. The molecule has 3 aromatic rings. The average Bonchev–Trinajstić information content (AvgIpc) is 3.11. The van der Waals surface area contributed by atoms with Crippen molar-refractivity contribution in [1.29, 1.82) is 5.41 Å². The van der Waals surface area contributed by atoms with Crippen LogP contribution in [0.25, 0.3) is 0 Å². The molecule has 25 heavy (non-hydrogen) atoms. The standard InChI is InChI=1S/C19H16ClN3O2/c1-24-13-8-6-12(7-9-13)23-17(21)15-10-11-25-19(15)22-18(23)14-4-2-3-5-16(14)20/h2-11,18,21-22H,1H3. The van der Waals surface area contributed by atoms with Crippen LogP contribution in [-0.2, 0) is 0 Å². The fourth-order valence-electron chi connectivity index (χ4n) is 2.99. The topological polar surface area (TPSA) is 61.5 Å². The molecule has 2 N–H and O–H groups in total. The molecule has 6 heteroatoms. The highest BCUT2D eigenvalue weighted by Crippen LogP contribution is 2.39. The molecule has 2 heterocycles. The predicted octanol–water partition coefficient (Wildman–Crippen LogP) is 4.90. The lowest BCUT2D eigenvalue weighted by Crippen LogP contribution is -2.42. The summed E-state index contributed by atoms with van der Waals surface area (Å²) in [4.78, 5) is 1.89. The number of nitrogens with one attached hydrogen (secondary N) is 2. The third kappa shape index (κ3) is 2.62. The van der Waals surface area contributed by atoms with Gasteiger partial charge < -0.3 is 19.4 Å². The van der Waals surface area contributed by atoms with E-state index < -0.39 is 0 Å². The van der Waals surface area contributed by atoms with Gasteiger partial charge in [-0.25, -0.2) is 0 Å². The number of anilines is 2. The van der Waals surface area contributed by atoms with E-state index in [1.54, 1.807) is 19.4 Å². The lowest BCUT2D eigenvalue weighted by atomic mass is 10.1. The van der Waals surface area contributed by atoms with Crippen molar-refractivity contribution in [3.8, 4) is 5.75 Å². The molecule has 1 atom stereocenters. The Morgan fingerprint density at radius 2 is 1.88 bits per heavy atom. The highest BCUT2D eigenvalue weighted by atomic mass is 35.5. The summed E-state index contributed by atoms with van der Waals surface area (Å²) in [5.41, 5.74) is 2.43. The first-order chi connectivity index (χ1) is 12.2. The second-order valence-electron chi connectivity index (χ2n) is 5.65. The summed E-state index contributed by atoms with van der Waals surface area (Å²) in [5, 5.41) is 12.7. The molecule has 1 unspecified atom stereocenters. The van der Waals surface area contributed by atoms with E-state index in [9.17, 15) is 0 Å². The third-order valence-corrected chi connectivity index (χ3v) is 4.58. The summed E-state index contributed by atoms with van der Waals surface area (Å²) < 4.78 is 10.7. The number of nitrogens with zero attached hydrogens (tertiary/aromatic N) is 1. The van der Waals surface area contributed by atoms with Gasteiger partial charge in [0.05, 0.1) is 18.9 Å². The Hall–Kier alpha value is -2.92. The van der Waals surface area contributed by atoms with E-state index in [0.29, 0.717) is 22.3 Å². The Labute approximate surface area is 150 Å². The smallest absolute Gasteiger partial charge is 0.205 e. The van der Waals surface area contributed by atoms with Crippen LogP contribution >= 0.6 is 11.6 Å². The van der Waals surface area contributed by atoms with Crippen LogP contribution in [0.5, 0.6) is 5.75 Å². The summed E-state index contributed by atoms with van der Waals surface area (Å²) in [6.07, 6.45) is 1.22. The number of methoxy groups -OCH3 is 1. The first kappa shape index (κ1) is 15.6. The van der Waals surface area contributed by atoms with Gasteiger partial charge in [-0.2, -0.15) is 0 Å². The minimum Gasteiger partial charge on any atom is -0.497 e. The summed E-state index contributed by atoms with van der Waals surface area (Å²) in [6, 6.07) is 17.0. The molecule has 0 aliphatic carbocycles. The summed E-state index contributed by atoms with van der Waals surface area (Å²) in [6.45, 7) is 0. The molecule has 0 bridgehead atoms. The van der Waals surface area contributed by atoms with E-state index in [1.165, 1.54) is 0 Å². The Bertz CT molecular complexity index is 920. The molecule has 4 rings (SSSR count). The summed E-state index contributed by atoms with van der Waals surface area (Å²) >= 11 is 6.42. The molecule has 1 aliphatic heterocycles. The van der Waals surface area contributed by atoms with Crippen LogP contribution in [0.2, 0.25) is 5.02 Å². The van der Waals surface area contributed by atoms with Crippen LogP contribution in [-0.4, -0.2) is 12.9 Å². The van der Waals surface area contributed by atoms with Crippen molar-refractivity contribution in [3.05, 3.63) is 77.0 Å². The number of hydrogen-bond donors (Lipinski definition) is 2. The zero-order valence-electron chi connectivity index (χ0n) is 13.5. The SMILES string of the molecule is COc1ccc(N2C(=N)c3ccoc3NC2c2ccccc2Cl)cc1. The maximum Gasteiger partial charge on any atom is 0.205 e. The van der Waals surface area contributed by atoms with E-state index in [-0.39, 0.29) is 6.17 Å². The molecular formula is C19H16ClN3O2. The number of rotatable bonds is 3. The first-order valence-corrected chi connectivity index (χ1v) is 8.17. The summed E-state index contributed by atoms with van der Waals surface area (Å²) in [7, 11) is 1.63. The van der Waals surface area contributed by atoms with E-state index in [4.69, 9.17) is 26.2 Å². The number of ether oxygens (including phenoxy) is 1. The quantitative estimate of drug-likeness (QED) is 0.703. The van der Waals surface area contributed by atoms with Crippen molar-refractivity contribution < 1.29 is 9.15 Å². The van der Waals surface area contributed by atoms with Gasteiger partial charge >= 0.3 is 0 Å². The van der Waals surface area contributed by atoms with Gasteiger partial charge in [0, 0.05) is 16.3 Å². The number of halogens is 1. The normalized spacial score (nSPS) is 16.3. The van der Waals surface area contributed by atoms with Crippen molar-refractivity contribution in [2.45, 2.75) is 6.17 Å². The Balaban J connectivity index is 1.84. The minimum absolute atomic E-state index is 0.345. The molecular weight excluding hydrogens is 338 g/mol. The van der Waals surface area contributed by atoms with E-state index in [0.717, 1.165) is 17.0 Å². The van der Waals surface area contributed by atoms with Gasteiger partial charge in [-0.15, -0.1) is 0 Å². The molecule has 1 aliphatic rings. The lowest BCUT2D eigenvalue weighted by molar-refractivity contribution is 0.415. The molecule has 0 amide bonds.